The molecule has 1 heterocycles. The predicted molar refractivity (Wildman–Crippen MR) is 70.8 cm³/mol. The molecule has 0 spiro atoms. The lowest BCUT2D eigenvalue weighted by Crippen LogP contribution is -2.35. The molecule has 0 bridgehead atoms. The van der Waals surface area contributed by atoms with E-state index < -0.39 is 0 Å². The first-order chi connectivity index (χ1) is 7.94. The Morgan fingerprint density at radius 1 is 1.41 bits per heavy atom. The molecule has 0 radical (unpaired) electrons. The molecule has 0 aromatic carbocycles. The van der Waals surface area contributed by atoms with E-state index in [2.05, 4.69) is 42.6 Å². The molecule has 0 unspecified atom stereocenters. The summed E-state index contributed by atoms with van der Waals surface area (Å²) in [7, 11) is 0. The van der Waals surface area contributed by atoms with E-state index in [1.54, 1.807) is 0 Å². The highest BCUT2D eigenvalue weighted by atomic mass is 15.1. The Bertz CT molecular complexity index is 369. The Hall–Kier alpha value is -0.830. The molecular formula is C14H25N3. The van der Waals surface area contributed by atoms with Crippen LogP contribution in [0.4, 0.5) is 0 Å². The van der Waals surface area contributed by atoms with Crippen LogP contribution in [0.5, 0.6) is 0 Å². The molecular weight excluding hydrogens is 210 g/mol. The van der Waals surface area contributed by atoms with Gasteiger partial charge in [0.25, 0.3) is 0 Å². The molecule has 1 aliphatic rings. The van der Waals surface area contributed by atoms with Crippen LogP contribution in [0.2, 0.25) is 0 Å². The van der Waals surface area contributed by atoms with Crippen LogP contribution in [0.25, 0.3) is 0 Å². The first kappa shape index (κ1) is 12.6. The topological polar surface area (TPSA) is 29.9 Å². The van der Waals surface area contributed by atoms with Gasteiger partial charge in [0.1, 0.15) is 0 Å². The summed E-state index contributed by atoms with van der Waals surface area (Å²) in [4.78, 5) is 4.29. The second-order valence-electron chi connectivity index (χ2n) is 6.47. The maximum atomic E-state index is 4.29. The predicted octanol–water partition coefficient (Wildman–Crippen LogP) is 2.96. The fraction of sp³-hybridized carbons (Fsp3) is 0.786. The van der Waals surface area contributed by atoms with E-state index in [0.29, 0.717) is 5.41 Å². The lowest BCUT2D eigenvalue weighted by molar-refractivity contribution is 0.382. The molecule has 96 valence electrons. The molecule has 3 heteroatoms. The third-order valence-corrected chi connectivity index (χ3v) is 3.81. The van der Waals surface area contributed by atoms with Crippen molar-refractivity contribution in [1.82, 2.24) is 14.9 Å². The van der Waals surface area contributed by atoms with Crippen LogP contribution in [0.3, 0.4) is 0 Å². The van der Waals surface area contributed by atoms with E-state index in [1.807, 2.05) is 12.5 Å². The third kappa shape index (κ3) is 3.32. The zero-order chi connectivity index (χ0) is 12.5. The Morgan fingerprint density at radius 2 is 2.12 bits per heavy atom. The second-order valence-corrected chi connectivity index (χ2v) is 6.47. The number of aromatic nitrogens is 2. The number of hydrogen-bond donors (Lipinski definition) is 1. The number of nitrogens with zero attached hydrogens (tertiary/aromatic N) is 2. The number of imidazole rings is 1. The van der Waals surface area contributed by atoms with Crippen LogP contribution >= 0.6 is 0 Å². The Labute approximate surface area is 105 Å². The van der Waals surface area contributed by atoms with Crippen molar-refractivity contribution in [2.24, 2.45) is 5.41 Å². The van der Waals surface area contributed by atoms with Crippen molar-refractivity contribution in [3.63, 3.8) is 0 Å². The summed E-state index contributed by atoms with van der Waals surface area (Å²) in [5.74, 6) is 0. The Kier molecular flexibility index (Phi) is 3.30. The molecule has 17 heavy (non-hydrogen) atoms. The number of nitrogens with one attached hydrogen (secondary N) is 1. The minimum atomic E-state index is 0.164. The van der Waals surface area contributed by atoms with Crippen molar-refractivity contribution in [3.8, 4) is 0 Å². The maximum absolute atomic E-state index is 4.29. The van der Waals surface area contributed by atoms with Crippen molar-refractivity contribution >= 4 is 0 Å². The van der Waals surface area contributed by atoms with Crippen LogP contribution in [-0.4, -0.2) is 15.1 Å². The van der Waals surface area contributed by atoms with Crippen LogP contribution in [0.15, 0.2) is 12.5 Å². The first-order valence-corrected chi connectivity index (χ1v) is 6.68. The SMILES string of the molecule is CCC1(Cn2cncc2CNC(C)(C)C)CC1. The van der Waals surface area contributed by atoms with Gasteiger partial charge in [0.15, 0.2) is 0 Å². The van der Waals surface area contributed by atoms with Crippen molar-refractivity contribution in [3.05, 3.63) is 18.2 Å². The van der Waals surface area contributed by atoms with Gasteiger partial charge in [-0.05, 0) is 45.4 Å². The summed E-state index contributed by atoms with van der Waals surface area (Å²) in [6, 6.07) is 0. The van der Waals surface area contributed by atoms with E-state index in [9.17, 15) is 0 Å². The van der Waals surface area contributed by atoms with Gasteiger partial charge in [0.2, 0.25) is 0 Å². The molecule has 1 aliphatic carbocycles. The lowest BCUT2D eigenvalue weighted by atomic mass is 10.0. The normalized spacial score (nSPS) is 18.4. The van der Waals surface area contributed by atoms with Gasteiger partial charge in [-0.1, -0.05) is 6.92 Å². The minimum absolute atomic E-state index is 0.164. The van der Waals surface area contributed by atoms with Gasteiger partial charge >= 0.3 is 0 Å². The monoisotopic (exact) mass is 235 g/mol. The fourth-order valence-corrected chi connectivity index (χ4v) is 2.16. The van der Waals surface area contributed by atoms with E-state index in [1.165, 1.54) is 25.0 Å². The van der Waals surface area contributed by atoms with Gasteiger partial charge in [0, 0.05) is 24.8 Å². The summed E-state index contributed by atoms with van der Waals surface area (Å²) in [5.41, 5.74) is 2.05. The lowest BCUT2D eigenvalue weighted by Gasteiger charge is -2.22. The summed E-state index contributed by atoms with van der Waals surface area (Å²) in [6.07, 6.45) is 8.03. The van der Waals surface area contributed by atoms with Crippen molar-refractivity contribution < 1.29 is 0 Å². The quantitative estimate of drug-likeness (QED) is 0.850. The average Bonchev–Trinajstić information content (AvgIpc) is 2.87. The highest BCUT2D eigenvalue weighted by Gasteiger charge is 2.41. The van der Waals surface area contributed by atoms with Gasteiger partial charge < -0.3 is 9.88 Å². The van der Waals surface area contributed by atoms with E-state index >= 15 is 0 Å². The molecule has 2 rings (SSSR count). The van der Waals surface area contributed by atoms with Gasteiger partial charge in [-0.3, -0.25) is 0 Å². The summed E-state index contributed by atoms with van der Waals surface area (Å²) < 4.78 is 2.33. The molecule has 0 saturated heterocycles. The van der Waals surface area contributed by atoms with E-state index in [4.69, 9.17) is 0 Å². The Balaban J connectivity index is 1.97. The molecule has 0 amide bonds. The number of rotatable bonds is 5. The molecule has 3 nitrogen and oxygen atoms in total. The summed E-state index contributed by atoms with van der Waals surface area (Å²) in [6.45, 7) is 10.9. The van der Waals surface area contributed by atoms with Crippen LogP contribution in [-0.2, 0) is 13.1 Å². The van der Waals surface area contributed by atoms with Crippen molar-refractivity contribution in [1.29, 1.82) is 0 Å². The summed E-state index contributed by atoms with van der Waals surface area (Å²) in [5, 5.41) is 3.53. The van der Waals surface area contributed by atoms with Crippen molar-refractivity contribution in [2.45, 2.75) is 65.6 Å². The maximum Gasteiger partial charge on any atom is 0.0948 e. The molecule has 1 saturated carbocycles. The summed E-state index contributed by atoms with van der Waals surface area (Å²) >= 11 is 0. The number of hydrogen-bond acceptors (Lipinski definition) is 2. The van der Waals surface area contributed by atoms with Gasteiger partial charge in [-0.25, -0.2) is 4.98 Å². The highest BCUT2D eigenvalue weighted by Crippen LogP contribution is 2.50. The largest absolute Gasteiger partial charge is 0.333 e. The smallest absolute Gasteiger partial charge is 0.0948 e. The standard InChI is InChI=1S/C14H25N3/c1-5-14(6-7-14)10-17-11-15-8-12(17)9-16-13(2,3)4/h8,11,16H,5-7,9-10H2,1-4H3. The molecule has 1 N–H and O–H groups in total. The second kappa shape index (κ2) is 4.45. The molecule has 1 fully saturated rings. The van der Waals surface area contributed by atoms with Gasteiger partial charge in [0.05, 0.1) is 12.0 Å². The Morgan fingerprint density at radius 3 is 2.65 bits per heavy atom. The van der Waals surface area contributed by atoms with Gasteiger partial charge in [-0.15, -0.1) is 0 Å². The van der Waals surface area contributed by atoms with Gasteiger partial charge in [-0.2, -0.15) is 0 Å². The third-order valence-electron chi connectivity index (χ3n) is 3.81. The fourth-order valence-electron chi connectivity index (χ4n) is 2.16. The van der Waals surface area contributed by atoms with Crippen LogP contribution in [0.1, 0.15) is 52.7 Å². The minimum Gasteiger partial charge on any atom is -0.333 e. The zero-order valence-corrected chi connectivity index (χ0v) is 11.6. The molecule has 0 aliphatic heterocycles. The van der Waals surface area contributed by atoms with E-state index in [0.717, 1.165) is 13.1 Å². The van der Waals surface area contributed by atoms with E-state index in [-0.39, 0.29) is 5.54 Å². The molecule has 0 atom stereocenters. The van der Waals surface area contributed by atoms with Crippen molar-refractivity contribution in [2.75, 3.05) is 0 Å². The average molecular weight is 235 g/mol. The molecule has 1 aromatic heterocycles. The molecule has 1 aromatic rings. The van der Waals surface area contributed by atoms with Crippen LogP contribution < -0.4 is 5.32 Å². The van der Waals surface area contributed by atoms with Crippen LogP contribution in [0, 0.1) is 5.41 Å². The first-order valence-electron chi connectivity index (χ1n) is 6.68. The zero-order valence-electron chi connectivity index (χ0n) is 11.6. The highest BCUT2D eigenvalue weighted by molar-refractivity contribution is 5.02.